The number of hydrogen-bond acceptors (Lipinski definition) is 3. The van der Waals surface area contributed by atoms with Gasteiger partial charge in [0.05, 0.1) is 6.10 Å². The first kappa shape index (κ1) is 17.7. The summed E-state index contributed by atoms with van der Waals surface area (Å²) in [5, 5.41) is 13.9. The van der Waals surface area contributed by atoms with Crippen LogP contribution in [-0.2, 0) is 6.54 Å². The third-order valence-electron chi connectivity index (χ3n) is 4.41. The molecule has 1 aromatic rings. The molecular weight excluding hydrogens is 296 g/mol. The summed E-state index contributed by atoms with van der Waals surface area (Å²) in [6, 6.07) is 8.79. The van der Waals surface area contributed by atoms with E-state index in [9.17, 15) is 5.11 Å². The Morgan fingerprint density at radius 2 is 1.86 bits per heavy atom. The second-order valence-corrected chi connectivity index (χ2v) is 7.21. The van der Waals surface area contributed by atoms with E-state index in [1.54, 1.807) is 0 Å². The predicted octanol–water partition coefficient (Wildman–Crippen LogP) is 3.30. The van der Waals surface area contributed by atoms with Gasteiger partial charge in [-0.15, -0.1) is 0 Å². The quantitative estimate of drug-likeness (QED) is 0.808. The van der Waals surface area contributed by atoms with Crippen LogP contribution in [0.4, 0.5) is 0 Å². The van der Waals surface area contributed by atoms with Crippen molar-refractivity contribution in [2.75, 3.05) is 19.6 Å². The number of rotatable bonds is 7. The molecule has 1 aliphatic heterocycles. The second-order valence-electron chi connectivity index (χ2n) is 6.78. The highest BCUT2D eigenvalue weighted by atomic mass is 35.5. The maximum Gasteiger partial charge on any atom is 0.0515 e. The highest BCUT2D eigenvalue weighted by Gasteiger charge is 2.19. The predicted molar refractivity (Wildman–Crippen MR) is 93.2 cm³/mol. The molecule has 0 aliphatic carbocycles. The molecule has 1 aliphatic rings. The number of nitrogens with zero attached hydrogens (tertiary/aromatic N) is 1. The Bertz CT molecular complexity index is 427. The Hall–Kier alpha value is -0.610. The van der Waals surface area contributed by atoms with E-state index >= 15 is 0 Å². The molecule has 1 fully saturated rings. The van der Waals surface area contributed by atoms with Crippen molar-refractivity contribution in [1.82, 2.24) is 10.2 Å². The molecule has 2 rings (SSSR count). The molecule has 124 valence electrons. The van der Waals surface area contributed by atoms with Gasteiger partial charge in [-0.1, -0.05) is 30.7 Å². The number of benzene rings is 1. The van der Waals surface area contributed by atoms with Gasteiger partial charge in [0.25, 0.3) is 0 Å². The summed E-state index contributed by atoms with van der Waals surface area (Å²) >= 11 is 5.93. The summed E-state index contributed by atoms with van der Waals surface area (Å²) in [6.45, 7) is 8.38. The molecule has 1 saturated heterocycles. The van der Waals surface area contributed by atoms with Crippen molar-refractivity contribution in [1.29, 1.82) is 0 Å². The maximum absolute atomic E-state index is 9.41. The van der Waals surface area contributed by atoms with E-state index in [4.69, 9.17) is 11.6 Å². The largest absolute Gasteiger partial charge is 0.393 e. The third kappa shape index (κ3) is 6.25. The zero-order valence-corrected chi connectivity index (χ0v) is 14.5. The number of likely N-dealkylation sites (tertiary alicyclic amines) is 1. The van der Waals surface area contributed by atoms with Gasteiger partial charge in [-0.3, -0.25) is 4.90 Å². The topological polar surface area (TPSA) is 35.5 Å². The zero-order chi connectivity index (χ0) is 15.9. The van der Waals surface area contributed by atoms with Crippen molar-refractivity contribution >= 4 is 11.6 Å². The van der Waals surface area contributed by atoms with Crippen LogP contribution in [0, 0.1) is 5.92 Å². The van der Waals surface area contributed by atoms with Gasteiger partial charge in [-0.05, 0) is 69.4 Å². The van der Waals surface area contributed by atoms with Crippen LogP contribution in [0.5, 0.6) is 0 Å². The summed E-state index contributed by atoms with van der Waals surface area (Å²) in [7, 11) is 0. The van der Waals surface area contributed by atoms with E-state index in [2.05, 4.69) is 29.3 Å². The van der Waals surface area contributed by atoms with Crippen molar-refractivity contribution in [3.05, 3.63) is 34.9 Å². The number of aliphatic hydroxyl groups excluding tert-OH is 1. The second kappa shape index (κ2) is 8.88. The minimum Gasteiger partial charge on any atom is -0.393 e. The molecule has 4 heteroatoms. The Balaban J connectivity index is 1.66. The Morgan fingerprint density at radius 3 is 2.45 bits per heavy atom. The first-order valence-corrected chi connectivity index (χ1v) is 8.79. The minimum atomic E-state index is -0.196. The molecule has 2 atom stereocenters. The first-order chi connectivity index (χ1) is 10.5. The number of nitrogens with one attached hydrogen (secondary N) is 1. The fourth-order valence-corrected chi connectivity index (χ4v) is 3.30. The van der Waals surface area contributed by atoms with E-state index < -0.39 is 0 Å². The van der Waals surface area contributed by atoms with Crippen molar-refractivity contribution in [2.45, 2.75) is 51.8 Å². The molecule has 0 saturated carbocycles. The van der Waals surface area contributed by atoms with Gasteiger partial charge in [0.1, 0.15) is 0 Å². The molecule has 1 heterocycles. The van der Waals surface area contributed by atoms with Crippen LogP contribution in [0.1, 0.15) is 38.7 Å². The van der Waals surface area contributed by atoms with Gasteiger partial charge >= 0.3 is 0 Å². The fourth-order valence-electron chi connectivity index (χ4n) is 3.18. The summed E-state index contributed by atoms with van der Waals surface area (Å²) in [5.41, 5.74) is 1.33. The standard InChI is InChI=1S/C18H29ClN2O/c1-14(11-15(2)22)12-20-18-7-9-21(10-8-18)13-16-3-5-17(19)6-4-16/h3-6,14-15,18,20,22H,7-13H2,1-2H3. The number of aliphatic hydroxyl groups is 1. The molecule has 1 aromatic carbocycles. The highest BCUT2D eigenvalue weighted by molar-refractivity contribution is 6.30. The fraction of sp³-hybridized carbons (Fsp3) is 0.667. The number of piperidine rings is 1. The van der Waals surface area contributed by atoms with Gasteiger partial charge in [0, 0.05) is 17.6 Å². The molecule has 0 bridgehead atoms. The lowest BCUT2D eigenvalue weighted by Gasteiger charge is -2.33. The molecule has 2 unspecified atom stereocenters. The average Bonchev–Trinajstić information content (AvgIpc) is 2.48. The number of hydrogen-bond donors (Lipinski definition) is 2. The van der Waals surface area contributed by atoms with Gasteiger partial charge < -0.3 is 10.4 Å². The normalized spacial score (nSPS) is 20.0. The molecule has 22 heavy (non-hydrogen) atoms. The lowest BCUT2D eigenvalue weighted by Crippen LogP contribution is -2.43. The number of halogens is 1. The lowest BCUT2D eigenvalue weighted by molar-refractivity contribution is 0.156. The lowest BCUT2D eigenvalue weighted by atomic mass is 10.0. The van der Waals surface area contributed by atoms with Crippen LogP contribution in [-0.4, -0.2) is 41.8 Å². The van der Waals surface area contributed by atoms with Gasteiger partial charge in [-0.25, -0.2) is 0 Å². The first-order valence-electron chi connectivity index (χ1n) is 8.41. The monoisotopic (exact) mass is 324 g/mol. The summed E-state index contributed by atoms with van der Waals surface area (Å²) < 4.78 is 0. The van der Waals surface area contributed by atoms with Gasteiger partial charge in [0.15, 0.2) is 0 Å². The Labute approximate surface area is 139 Å². The molecule has 0 spiro atoms. The van der Waals surface area contributed by atoms with Crippen molar-refractivity contribution in [2.24, 2.45) is 5.92 Å². The Kier molecular flexibility index (Phi) is 7.16. The van der Waals surface area contributed by atoms with Crippen LogP contribution in [0.2, 0.25) is 5.02 Å². The molecule has 2 N–H and O–H groups in total. The highest BCUT2D eigenvalue weighted by Crippen LogP contribution is 2.16. The van der Waals surface area contributed by atoms with Crippen LogP contribution >= 0.6 is 11.6 Å². The third-order valence-corrected chi connectivity index (χ3v) is 4.66. The molecule has 3 nitrogen and oxygen atoms in total. The van der Waals surface area contributed by atoms with E-state index in [1.807, 2.05) is 19.1 Å². The van der Waals surface area contributed by atoms with Crippen LogP contribution in [0.15, 0.2) is 24.3 Å². The van der Waals surface area contributed by atoms with Crippen LogP contribution < -0.4 is 5.32 Å². The average molecular weight is 325 g/mol. The SMILES string of the molecule is CC(O)CC(C)CNC1CCN(Cc2ccc(Cl)cc2)CC1. The molecule has 0 aromatic heterocycles. The van der Waals surface area contributed by atoms with Crippen LogP contribution in [0.3, 0.4) is 0 Å². The van der Waals surface area contributed by atoms with Crippen molar-refractivity contribution < 1.29 is 5.11 Å². The smallest absolute Gasteiger partial charge is 0.0515 e. The van der Waals surface area contributed by atoms with Gasteiger partial charge in [0.2, 0.25) is 0 Å². The van der Waals surface area contributed by atoms with Gasteiger partial charge in [-0.2, -0.15) is 0 Å². The van der Waals surface area contributed by atoms with Crippen LogP contribution in [0.25, 0.3) is 0 Å². The molecule has 0 amide bonds. The van der Waals surface area contributed by atoms with Crippen molar-refractivity contribution in [3.8, 4) is 0 Å². The summed E-state index contributed by atoms with van der Waals surface area (Å²) in [4.78, 5) is 2.51. The summed E-state index contributed by atoms with van der Waals surface area (Å²) in [6.07, 6.45) is 3.09. The molecular formula is C18H29ClN2O. The zero-order valence-electron chi connectivity index (χ0n) is 13.8. The maximum atomic E-state index is 9.41. The van der Waals surface area contributed by atoms with E-state index in [0.29, 0.717) is 12.0 Å². The van der Waals surface area contributed by atoms with E-state index in [-0.39, 0.29) is 6.10 Å². The minimum absolute atomic E-state index is 0.196. The van der Waals surface area contributed by atoms with E-state index in [1.165, 1.54) is 18.4 Å². The van der Waals surface area contributed by atoms with Crippen molar-refractivity contribution in [3.63, 3.8) is 0 Å². The van der Waals surface area contributed by atoms with E-state index in [0.717, 1.165) is 37.6 Å². The Morgan fingerprint density at radius 1 is 1.23 bits per heavy atom. The summed E-state index contributed by atoms with van der Waals surface area (Å²) in [5.74, 6) is 0.534. The molecule has 0 radical (unpaired) electrons.